The molecule has 2 aromatic carbocycles. The molecule has 0 saturated carbocycles. The molecular formula is C25H21F3N4O2. The minimum atomic E-state index is -4.41. The van der Waals surface area contributed by atoms with E-state index >= 15 is 0 Å². The van der Waals surface area contributed by atoms with Crippen molar-refractivity contribution in [1.82, 2.24) is 20.0 Å². The number of β-amino-alcohol motifs (C(OH)–C–C–N with tert-alkyl or cyclic N) is 1. The smallest absolute Gasteiger partial charge is 0.392 e. The Morgan fingerprint density at radius 3 is 2.38 bits per heavy atom. The lowest BCUT2D eigenvalue weighted by Gasteiger charge is -2.21. The largest absolute Gasteiger partial charge is 0.416 e. The van der Waals surface area contributed by atoms with Crippen molar-refractivity contribution >= 4 is 0 Å². The van der Waals surface area contributed by atoms with Crippen molar-refractivity contribution in [2.75, 3.05) is 6.54 Å². The van der Waals surface area contributed by atoms with Gasteiger partial charge in [-0.05, 0) is 36.2 Å². The Kier molecular flexibility index (Phi) is 5.89. The molecule has 1 N–H and O–H groups in total. The number of benzene rings is 2. The van der Waals surface area contributed by atoms with Crippen molar-refractivity contribution in [2.24, 2.45) is 0 Å². The van der Waals surface area contributed by atoms with Crippen molar-refractivity contribution in [1.29, 1.82) is 0 Å². The number of halogens is 3. The van der Waals surface area contributed by atoms with Crippen LogP contribution in [0.5, 0.6) is 0 Å². The van der Waals surface area contributed by atoms with Crippen LogP contribution in [0.1, 0.15) is 29.5 Å². The van der Waals surface area contributed by atoms with E-state index in [4.69, 9.17) is 4.52 Å². The van der Waals surface area contributed by atoms with Gasteiger partial charge in [0.2, 0.25) is 11.7 Å². The van der Waals surface area contributed by atoms with Crippen molar-refractivity contribution in [3.05, 3.63) is 89.9 Å². The van der Waals surface area contributed by atoms with Gasteiger partial charge in [0.15, 0.2) is 0 Å². The molecule has 34 heavy (non-hydrogen) atoms. The van der Waals surface area contributed by atoms with Crippen LogP contribution in [-0.2, 0) is 12.7 Å². The Morgan fingerprint density at radius 2 is 1.71 bits per heavy atom. The lowest BCUT2D eigenvalue weighted by atomic mass is 10.1. The molecule has 3 heterocycles. The van der Waals surface area contributed by atoms with Crippen molar-refractivity contribution in [3.63, 3.8) is 0 Å². The third kappa shape index (κ3) is 4.71. The summed E-state index contributed by atoms with van der Waals surface area (Å²) < 4.78 is 43.9. The zero-order valence-corrected chi connectivity index (χ0v) is 18.0. The minimum Gasteiger partial charge on any atom is -0.392 e. The van der Waals surface area contributed by atoms with E-state index in [0.717, 1.165) is 29.0 Å². The van der Waals surface area contributed by atoms with E-state index in [2.05, 4.69) is 20.0 Å². The molecule has 1 aliphatic heterocycles. The van der Waals surface area contributed by atoms with Gasteiger partial charge in [0, 0.05) is 30.4 Å². The summed E-state index contributed by atoms with van der Waals surface area (Å²) in [6.45, 7) is 1.02. The topological polar surface area (TPSA) is 75.3 Å². The molecule has 9 heteroatoms. The van der Waals surface area contributed by atoms with Gasteiger partial charge in [-0.1, -0.05) is 47.6 Å². The Hall–Kier alpha value is -3.56. The van der Waals surface area contributed by atoms with E-state index in [1.54, 1.807) is 6.20 Å². The molecule has 2 unspecified atom stereocenters. The number of nitrogens with zero attached hydrogens (tertiary/aromatic N) is 4. The van der Waals surface area contributed by atoms with Gasteiger partial charge in [-0.25, -0.2) is 0 Å². The van der Waals surface area contributed by atoms with Gasteiger partial charge in [0.25, 0.3) is 0 Å². The van der Waals surface area contributed by atoms with Crippen LogP contribution in [0.25, 0.3) is 22.6 Å². The number of aromatic nitrogens is 3. The summed E-state index contributed by atoms with van der Waals surface area (Å²) in [7, 11) is 0. The summed E-state index contributed by atoms with van der Waals surface area (Å²) in [5, 5.41) is 14.2. The Labute approximate surface area is 193 Å². The van der Waals surface area contributed by atoms with Crippen LogP contribution < -0.4 is 0 Å². The number of aliphatic hydroxyl groups is 1. The molecule has 1 aliphatic rings. The predicted octanol–water partition coefficient (Wildman–Crippen LogP) is 5.13. The van der Waals surface area contributed by atoms with E-state index in [0.29, 0.717) is 31.0 Å². The lowest BCUT2D eigenvalue weighted by Crippen LogP contribution is -2.24. The van der Waals surface area contributed by atoms with Crippen molar-refractivity contribution in [2.45, 2.75) is 31.3 Å². The molecule has 1 fully saturated rings. The summed E-state index contributed by atoms with van der Waals surface area (Å²) >= 11 is 0. The average molecular weight is 466 g/mol. The first kappa shape index (κ1) is 22.2. The van der Waals surface area contributed by atoms with Gasteiger partial charge in [0.05, 0.1) is 23.4 Å². The van der Waals surface area contributed by atoms with Gasteiger partial charge in [-0.2, -0.15) is 18.2 Å². The van der Waals surface area contributed by atoms with E-state index in [1.807, 2.05) is 42.5 Å². The van der Waals surface area contributed by atoms with Crippen LogP contribution in [0, 0.1) is 0 Å². The molecule has 1 saturated heterocycles. The van der Waals surface area contributed by atoms with Crippen LogP contribution >= 0.6 is 0 Å². The zero-order valence-electron chi connectivity index (χ0n) is 18.0. The van der Waals surface area contributed by atoms with Crippen LogP contribution in [0.2, 0.25) is 0 Å². The molecule has 0 spiro atoms. The first-order valence-corrected chi connectivity index (χ1v) is 10.8. The Morgan fingerprint density at radius 1 is 0.971 bits per heavy atom. The monoisotopic (exact) mass is 466 g/mol. The molecule has 5 rings (SSSR count). The molecule has 2 atom stereocenters. The van der Waals surface area contributed by atoms with Crippen LogP contribution in [0.3, 0.4) is 0 Å². The third-order valence-electron chi connectivity index (χ3n) is 5.88. The number of hydrogen-bond donors (Lipinski definition) is 1. The molecule has 174 valence electrons. The molecular weight excluding hydrogens is 445 g/mol. The van der Waals surface area contributed by atoms with Gasteiger partial charge < -0.3 is 9.63 Å². The fourth-order valence-electron chi connectivity index (χ4n) is 4.16. The van der Waals surface area contributed by atoms with Crippen molar-refractivity contribution < 1.29 is 22.8 Å². The fourth-order valence-corrected chi connectivity index (χ4v) is 4.16. The Balaban J connectivity index is 1.31. The molecule has 6 nitrogen and oxygen atoms in total. The maximum absolute atomic E-state index is 12.8. The van der Waals surface area contributed by atoms with E-state index < -0.39 is 17.8 Å². The number of hydrogen-bond acceptors (Lipinski definition) is 6. The highest BCUT2D eigenvalue weighted by Gasteiger charge is 2.36. The first-order chi connectivity index (χ1) is 16.4. The third-order valence-corrected chi connectivity index (χ3v) is 5.88. The SMILES string of the molecule is OC1CC(c2nc(-c3ccc(C(F)(F)F)cc3)no2)N(Cc2ccc(-c3ccccn3)cc2)C1. The summed E-state index contributed by atoms with van der Waals surface area (Å²) in [5.41, 5.74) is 2.66. The average Bonchev–Trinajstić information content (AvgIpc) is 3.46. The molecule has 0 amide bonds. The maximum atomic E-state index is 12.8. The van der Waals surface area contributed by atoms with E-state index in [9.17, 15) is 18.3 Å². The predicted molar refractivity (Wildman–Crippen MR) is 118 cm³/mol. The summed E-state index contributed by atoms with van der Waals surface area (Å²) in [5.74, 6) is 0.543. The highest BCUT2D eigenvalue weighted by Crippen LogP contribution is 2.34. The van der Waals surface area contributed by atoms with Crippen LogP contribution in [0.4, 0.5) is 13.2 Å². The molecule has 4 aromatic rings. The quantitative estimate of drug-likeness (QED) is 0.440. The Bertz CT molecular complexity index is 1240. The molecule has 0 radical (unpaired) electrons. The van der Waals surface area contributed by atoms with Gasteiger partial charge in [0.1, 0.15) is 0 Å². The second-order valence-electron chi connectivity index (χ2n) is 8.28. The number of likely N-dealkylation sites (tertiary alicyclic amines) is 1. The summed E-state index contributed by atoms with van der Waals surface area (Å²) in [6, 6.07) is 18.2. The lowest BCUT2D eigenvalue weighted by molar-refractivity contribution is -0.137. The molecule has 0 bridgehead atoms. The van der Waals surface area contributed by atoms with Gasteiger partial charge >= 0.3 is 6.18 Å². The summed E-state index contributed by atoms with van der Waals surface area (Å²) in [4.78, 5) is 10.8. The zero-order chi connectivity index (χ0) is 23.7. The molecule has 2 aromatic heterocycles. The normalized spacial score (nSPS) is 18.9. The van der Waals surface area contributed by atoms with Gasteiger partial charge in [-0.3, -0.25) is 9.88 Å². The first-order valence-electron chi connectivity index (χ1n) is 10.8. The van der Waals surface area contributed by atoms with Gasteiger partial charge in [-0.15, -0.1) is 0 Å². The number of rotatable bonds is 5. The highest BCUT2D eigenvalue weighted by molar-refractivity contribution is 5.59. The van der Waals surface area contributed by atoms with E-state index in [-0.39, 0.29) is 11.9 Å². The molecule has 0 aliphatic carbocycles. The summed E-state index contributed by atoms with van der Waals surface area (Å²) in [6.07, 6.45) is -2.76. The van der Waals surface area contributed by atoms with Crippen LogP contribution in [-0.4, -0.2) is 37.8 Å². The number of aliphatic hydroxyl groups excluding tert-OH is 1. The van der Waals surface area contributed by atoms with Crippen LogP contribution in [0.15, 0.2) is 77.4 Å². The van der Waals surface area contributed by atoms with Crippen molar-refractivity contribution in [3.8, 4) is 22.6 Å². The maximum Gasteiger partial charge on any atom is 0.416 e. The second-order valence-corrected chi connectivity index (χ2v) is 8.28. The number of pyridine rings is 1. The second kappa shape index (κ2) is 9.00. The minimum absolute atomic E-state index is 0.213. The highest BCUT2D eigenvalue weighted by atomic mass is 19.4. The standard InChI is InChI=1S/C25H21F3N4O2/c26-25(27,28)19-10-8-18(9-11-19)23-30-24(34-31-23)22-13-20(33)15-32(22)14-16-4-6-17(7-5-16)21-3-1-2-12-29-21/h1-12,20,22,33H,13-15H2. The number of alkyl halides is 3. The fraction of sp³-hybridized carbons (Fsp3) is 0.240. The van der Waals surface area contributed by atoms with E-state index in [1.165, 1.54) is 12.1 Å².